The van der Waals surface area contributed by atoms with Crippen molar-refractivity contribution in [2.75, 3.05) is 32.8 Å². The topological polar surface area (TPSA) is 53.1 Å². The summed E-state index contributed by atoms with van der Waals surface area (Å²) in [5.74, 6) is 1.06. The monoisotopic (exact) mass is 369 g/mol. The lowest BCUT2D eigenvalue weighted by molar-refractivity contribution is -0.128. The number of likely N-dealkylation sites (tertiary alicyclic amines) is 1. The third-order valence-electron chi connectivity index (χ3n) is 6.93. The first-order valence-corrected chi connectivity index (χ1v) is 10.2. The van der Waals surface area contributed by atoms with E-state index >= 15 is 0 Å². The lowest BCUT2D eigenvalue weighted by atomic mass is 9.76. The minimum atomic E-state index is -0.208. The molecule has 5 rings (SSSR count). The first-order valence-electron chi connectivity index (χ1n) is 10.2. The molecular weight excluding hydrogens is 342 g/mol. The van der Waals surface area contributed by atoms with Gasteiger partial charge in [-0.05, 0) is 61.9 Å². The maximum atomic E-state index is 12.5. The van der Waals surface area contributed by atoms with Gasteiger partial charge in [-0.1, -0.05) is 12.1 Å². The van der Waals surface area contributed by atoms with Crippen LogP contribution >= 0.6 is 0 Å². The van der Waals surface area contributed by atoms with Gasteiger partial charge < -0.3 is 9.64 Å². The molecule has 3 fully saturated rings. The summed E-state index contributed by atoms with van der Waals surface area (Å²) in [7, 11) is 0. The van der Waals surface area contributed by atoms with Crippen molar-refractivity contribution in [2.45, 2.75) is 45.2 Å². The average molecular weight is 369 g/mol. The van der Waals surface area contributed by atoms with Crippen molar-refractivity contribution in [3.63, 3.8) is 0 Å². The van der Waals surface area contributed by atoms with E-state index in [2.05, 4.69) is 23.1 Å². The highest BCUT2D eigenvalue weighted by Crippen LogP contribution is 2.46. The zero-order chi connectivity index (χ0) is 18.6. The molecule has 3 saturated heterocycles. The maximum Gasteiger partial charge on any atom is 0.327 e. The van der Waals surface area contributed by atoms with Gasteiger partial charge in [0.05, 0.1) is 6.61 Å². The number of carbonyl (C=O) groups is 2. The molecule has 0 N–H and O–H groups in total. The number of hydrogen-bond acceptors (Lipinski definition) is 4. The minimum absolute atomic E-state index is 0.0159. The van der Waals surface area contributed by atoms with E-state index in [1.54, 1.807) is 0 Å². The molecule has 1 atom stereocenters. The number of imide groups is 1. The Morgan fingerprint density at radius 2 is 2.04 bits per heavy atom. The van der Waals surface area contributed by atoms with Crippen LogP contribution in [0.1, 0.15) is 37.3 Å². The van der Waals surface area contributed by atoms with E-state index < -0.39 is 0 Å². The summed E-state index contributed by atoms with van der Waals surface area (Å²) in [4.78, 5) is 30.7. The lowest BCUT2D eigenvalue weighted by Gasteiger charge is -2.39. The van der Waals surface area contributed by atoms with E-state index in [-0.39, 0.29) is 23.4 Å². The fourth-order valence-electron chi connectivity index (χ4n) is 5.34. The van der Waals surface area contributed by atoms with Crippen LogP contribution in [0.5, 0.6) is 5.75 Å². The molecule has 0 radical (unpaired) electrons. The fourth-order valence-corrected chi connectivity index (χ4v) is 5.34. The van der Waals surface area contributed by atoms with Crippen LogP contribution in [0, 0.1) is 5.41 Å². The highest BCUT2D eigenvalue weighted by molar-refractivity contribution is 6.04. The molecule has 1 aromatic rings. The molecule has 0 aliphatic carbocycles. The number of hydrogen-bond donors (Lipinski definition) is 0. The number of piperidine rings is 1. The van der Waals surface area contributed by atoms with Crippen molar-refractivity contribution >= 4 is 11.9 Å². The largest absolute Gasteiger partial charge is 0.493 e. The number of likely N-dealkylation sites (N-methyl/N-ethyl adjacent to an activating group) is 1. The van der Waals surface area contributed by atoms with Crippen LogP contribution in [0.25, 0.3) is 0 Å². The number of nitrogens with zero attached hydrogens (tertiary/aromatic N) is 3. The highest BCUT2D eigenvalue weighted by Gasteiger charge is 2.55. The molecule has 6 heteroatoms. The Balaban J connectivity index is 1.21. The Labute approximate surface area is 160 Å². The molecule has 0 aromatic heterocycles. The Bertz CT molecular complexity index is 759. The molecule has 27 heavy (non-hydrogen) atoms. The minimum Gasteiger partial charge on any atom is -0.493 e. The van der Waals surface area contributed by atoms with Gasteiger partial charge in [0.15, 0.2) is 0 Å². The predicted molar refractivity (Wildman–Crippen MR) is 100 cm³/mol. The van der Waals surface area contributed by atoms with E-state index in [0.717, 1.165) is 64.2 Å². The summed E-state index contributed by atoms with van der Waals surface area (Å²) in [5.41, 5.74) is 2.82. The van der Waals surface area contributed by atoms with E-state index in [1.807, 2.05) is 11.8 Å². The normalized spacial score (nSPS) is 26.6. The van der Waals surface area contributed by atoms with Crippen LogP contribution in [-0.4, -0.2) is 65.5 Å². The molecule has 4 aliphatic rings. The maximum absolute atomic E-state index is 12.5. The number of carbonyl (C=O) groups excluding carboxylic acids is 2. The van der Waals surface area contributed by atoms with E-state index in [0.29, 0.717) is 6.54 Å². The van der Waals surface area contributed by atoms with Crippen molar-refractivity contribution in [2.24, 2.45) is 5.41 Å². The van der Waals surface area contributed by atoms with Gasteiger partial charge in [0.2, 0.25) is 0 Å². The van der Waals surface area contributed by atoms with Crippen LogP contribution in [0.3, 0.4) is 0 Å². The van der Waals surface area contributed by atoms with Crippen LogP contribution in [0.15, 0.2) is 18.2 Å². The number of fused-ring (bicyclic) bond motifs is 2. The fraction of sp³-hybridized carbons (Fsp3) is 0.619. The summed E-state index contributed by atoms with van der Waals surface area (Å²) < 4.78 is 5.60. The van der Waals surface area contributed by atoms with Gasteiger partial charge in [-0.2, -0.15) is 0 Å². The second kappa shape index (κ2) is 6.23. The Kier molecular flexibility index (Phi) is 3.93. The Hall–Kier alpha value is -2.08. The lowest BCUT2D eigenvalue weighted by Crippen LogP contribution is -2.43. The summed E-state index contributed by atoms with van der Waals surface area (Å²) in [5, 5.41) is 0. The Morgan fingerprint density at radius 1 is 1.22 bits per heavy atom. The van der Waals surface area contributed by atoms with Crippen molar-refractivity contribution in [1.82, 2.24) is 14.7 Å². The number of amides is 3. The van der Waals surface area contributed by atoms with Crippen molar-refractivity contribution < 1.29 is 14.3 Å². The number of urea groups is 1. The average Bonchev–Trinajstić information content (AvgIpc) is 3.33. The molecular formula is C21H27N3O3. The smallest absolute Gasteiger partial charge is 0.327 e. The van der Waals surface area contributed by atoms with Crippen LogP contribution < -0.4 is 4.74 Å². The molecule has 4 heterocycles. The molecule has 1 unspecified atom stereocenters. The van der Waals surface area contributed by atoms with Gasteiger partial charge in [-0.3, -0.25) is 14.6 Å². The van der Waals surface area contributed by atoms with Gasteiger partial charge in [0, 0.05) is 26.1 Å². The zero-order valence-corrected chi connectivity index (χ0v) is 15.9. The summed E-state index contributed by atoms with van der Waals surface area (Å²) in [6.07, 6.45) is 4.00. The summed E-state index contributed by atoms with van der Waals surface area (Å²) in [6, 6.07) is 6.28. The Morgan fingerprint density at radius 3 is 2.78 bits per heavy atom. The molecule has 6 nitrogen and oxygen atoms in total. The SMILES string of the molecule is CCN1C(=O)C2CC3(CCN(Cc4ccc5c(c4)CCO5)CC3)CN2C1=O. The second-order valence-corrected chi connectivity index (χ2v) is 8.53. The summed E-state index contributed by atoms with van der Waals surface area (Å²) in [6.45, 7) is 6.95. The predicted octanol–water partition coefficient (Wildman–Crippen LogP) is 2.26. The third-order valence-corrected chi connectivity index (χ3v) is 6.93. The molecule has 4 aliphatic heterocycles. The number of ether oxygens (including phenoxy) is 1. The molecule has 0 bridgehead atoms. The standard InChI is InChI=1S/C21H27N3O3/c1-2-23-19(25)17-12-21(14-24(17)20(23)26)6-8-22(9-7-21)13-15-3-4-18-16(11-15)5-10-27-18/h3-4,11,17H,2,5-10,12-14H2,1H3. The van der Waals surface area contributed by atoms with Gasteiger partial charge in [0.1, 0.15) is 11.8 Å². The van der Waals surface area contributed by atoms with Gasteiger partial charge >= 0.3 is 6.03 Å². The third kappa shape index (κ3) is 2.73. The molecule has 1 spiro atoms. The van der Waals surface area contributed by atoms with Crippen LogP contribution in [0.4, 0.5) is 4.79 Å². The number of rotatable bonds is 3. The summed E-state index contributed by atoms with van der Waals surface area (Å²) >= 11 is 0. The van der Waals surface area contributed by atoms with Crippen LogP contribution in [-0.2, 0) is 17.8 Å². The van der Waals surface area contributed by atoms with Crippen LogP contribution in [0.2, 0.25) is 0 Å². The van der Waals surface area contributed by atoms with Gasteiger partial charge in [-0.25, -0.2) is 4.79 Å². The first kappa shape index (κ1) is 17.0. The van der Waals surface area contributed by atoms with Gasteiger partial charge in [-0.15, -0.1) is 0 Å². The van der Waals surface area contributed by atoms with E-state index in [1.165, 1.54) is 16.0 Å². The first-order chi connectivity index (χ1) is 13.1. The second-order valence-electron chi connectivity index (χ2n) is 8.53. The van der Waals surface area contributed by atoms with Gasteiger partial charge in [0.25, 0.3) is 5.91 Å². The van der Waals surface area contributed by atoms with Crippen molar-refractivity contribution in [3.8, 4) is 5.75 Å². The van der Waals surface area contributed by atoms with E-state index in [9.17, 15) is 9.59 Å². The zero-order valence-electron chi connectivity index (χ0n) is 15.9. The molecule has 3 amide bonds. The quantitative estimate of drug-likeness (QED) is 0.767. The number of benzene rings is 1. The van der Waals surface area contributed by atoms with E-state index in [4.69, 9.17) is 4.74 Å². The van der Waals surface area contributed by atoms with Crippen molar-refractivity contribution in [1.29, 1.82) is 0 Å². The molecule has 144 valence electrons. The molecule has 0 saturated carbocycles. The highest BCUT2D eigenvalue weighted by atomic mass is 16.5. The molecule has 1 aromatic carbocycles. The van der Waals surface area contributed by atoms with Crippen molar-refractivity contribution in [3.05, 3.63) is 29.3 Å².